The van der Waals surface area contributed by atoms with Crippen LogP contribution in [-0.2, 0) is 11.3 Å². The van der Waals surface area contributed by atoms with Crippen LogP contribution in [0, 0.1) is 12.8 Å². The van der Waals surface area contributed by atoms with Crippen molar-refractivity contribution in [2.24, 2.45) is 5.92 Å². The maximum atomic E-state index is 12.8. The highest BCUT2D eigenvalue weighted by atomic mass is 35.5. The van der Waals surface area contributed by atoms with E-state index in [9.17, 15) is 14.4 Å². The van der Waals surface area contributed by atoms with Crippen LogP contribution in [-0.4, -0.2) is 73.5 Å². The van der Waals surface area contributed by atoms with Crippen LogP contribution >= 0.6 is 11.6 Å². The van der Waals surface area contributed by atoms with Crippen molar-refractivity contribution in [2.75, 3.05) is 26.7 Å². The molecule has 2 amide bonds. The van der Waals surface area contributed by atoms with Gasteiger partial charge in [0.05, 0.1) is 12.7 Å². The molecule has 12 heteroatoms. The fourth-order valence-electron chi connectivity index (χ4n) is 4.18. The number of hydrogen-bond donors (Lipinski definition) is 1. The van der Waals surface area contributed by atoms with Gasteiger partial charge in [-0.25, -0.2) is 4.79 Å². The average Bonchev–Trinajstić information content (AvgIpc) is 3.49. The molecule has 3 heterocycles. The van der Waals surface area contributed by atoms with Crippen molar-refractivity contribution in [1.82, 2.24) is 35.0 Å². The number of tetrazole rings is 1. The molecule has 0 bridgehead atoms. The Hall–Kier alpha value is -3.73. The number of rotatable bonds is 8. The van der Waals surface area contributed by atoms with Gasteiger partial charge in [-0.2, -0.15) is 4.80 Å². The summed E-state index contributed by atoms with van der Waals surface area (Å²) in [6.45, 7) is 4.03. The summed E-state index contributed by atoms with van der Waals surface area (Å²) in [5, 5.41) is 12.7. The molecule has 11 nitrogen and oxygen atoms in total. The first kappa shape index (κ1) is 25.4. The van der Waals surface area contributed by atoms with Crippen LogP contribution in [0.3, 0.4) is 0 Å². The maximum absolute atomic E-state index is 12.8. The molecule has 2 aromatic heterocycles. The number of aryl methyl sites for hydroxylation is 1. The van der Waals surface area contributed by atoms with Crippen molar-refractivity contribution in [2.45, 2.75) is 32.7 Å². The molecule has 0 radical (unpaired) electrons. The van der Waals surface area contributed by atoms with Gasteiger partial charge in [0.1, 0.15) is 0 Å². The quantitative estimate of drug-likeness (QED) is 0.457. The molecule has 0 atom stereocenters. The van der Waals surface area contributed by atoms with E-state index in [2.05, 4.69) is 20.4 Å². The van der Waals surface area contributed by atoms with E-state index < -0.39 is 5.76 Å². The zero-order chi connectivity index (χ0) is 25.7. The standard InChI is InChI=1S/C24H28ClN7O4/c1-16-27-29-32(28-16)15-19-13-20(25)5-3-18(19)4-6-22(33)31-11-8-17(9-12-31)7-10-30(2)23(34)21-14-26-24(35)36-21/h3-6,13-14,17H,7-12,15H2,1-2H3,(H,26,35)/b6-4+. The average molecular weight is 514 g/mol. The summed E-state index contributed by atoms with van der Waals surface area (Å²) in [5.74, 6) is -0.0205. The molecule has 1 fully saturated rings. The molecule has 1 N–H and O–H groups in total. The monoisotopic (exact) mass is 513 g/mol. The van der Waals surface area contributed by atoms with Crippen LogP contribution in [0.5, 0.6) is 0 Å². The molecule has 190 valence electrons. The third-order valence-electron chi connectivity index (χ3n) is 6.26. The number of piperidine rings is 1. The summed E-state index contributed by atoms with van der Waals surface area (Å²) in [6.07, 6.45) is 7.21. The van der Waals surface area contributed by atoms with Gasteiger partial charge in [-0.05, 0) is 66.7 Å². The van der Waals surface area contributed by atoms with Crippen LogP contribution < -0.4 is 5.76 Å². The Morgan fingerprint density at radius 3 is 2.75 bits per heavy atom. The minimum Gasteiger partial charge on any atom is -0.403 e. The summed E-state index contributed by atoms with van der Waals surface area (Å²) >= 11 is 6.18. The molecule has 36 heavy (non-hydrogen) atoms. The van der Waals surface area contributed by atoms with Crippen molar-refractivity contribution >= 4 is 29.5 Å². The molecule has 4 rings (SSSR count). The number of aromatic amines is 1. The van der Waals surface area contributed by atoms with Crippen molar-refractivity contribution in [3.63, 3.8) is 0 Å². The fraction of sp³-hybridized carbons (Fsp3) is 0.417. The second kappa shape index (κ2) is 11.3. The van der Waals surface area contributed by atoms with E-state index in [1.54, 1.807) is 37.1 Å². The largest absolute Gasteiger partial charge is 0.416 e. The smallest absolute Gasteiger partial charge is 0.403 e. The van der Waals surface area contributed by atoms with Crippen molar-refractivity contribution in [3.05, 3.63) is 68.8 Å². The molecule has 0 unspecified atom stereocenters. The summed E-state index contributed by atoms with van der Waals surface area (Å²) < 4.78 is 4.83. The minimum atomic E-state index is -0.646. The number of likely N-dealkylation sites (tertiary alicyclic amines) is 1. The van der Waals surface area contributed by atoms with Gasteiger partial charge in [-0.1, -0.05) is 17.7 Å². The van der Waals surface area contributed by atoms with Crippen molar-refractivity contribution in [1.29, 1.82) is 0 Å². The van der Waals surface area contributed by atoms with Gasteiger partial charge >= 0.3 is 5.76 Å². The summed E-state index contributed by atoms with van der Waals surface area (Å²) in [7, 11) is 1.68. The first-order valence-electron chi connectivity index (χ1n) is 11.7. The number of nitrogens with one attached hydrogen (secondary N) is 1. The highest BCUT2D eigenvalue weighted by molar-refractivity contribution is 6.30. The molecule has 0 spiro atoms. The SMILES string of the molecule is Cc1nnn(Cc2cc(Cl)ccc2/C=C/C(=O)N2CCC(CCN(C)C(=O)c3c[nH]c(=O)o3)CC2)n1. The number of benzene rings is 1. The topological polar surface area (TPSA) is 130 Å². The van der Waals surface area contributed by atoms with Gasteiger partial charge in [0, 0.05) is 37.8 Å². The minimum absolute atomic E-state index is 0.00575. The molecular weight excluding hydrogens is 486 g/mol. The zero-order valence-corrected chi connectivity index (χ0v) is 20.9. The second-order valence-electron chi connectivity index (χ2n) is 8.87. The Labute approximate surface area is 212 Å². The molecule has 0 saturated carbocycles. The highest BCUT2D eigenvalue weighted by Crippen LogP contribution is 2.22. The predicted molar refractivity (Wildman–Crippen MR) is 132 cm³/mol. The molecule has 1 saturated heterocycles. The van der Waals surface area contributed by atoms with E-state index in [1.807, 2.05) is 17.0 Å². The first-order valence-corrected chi connectivity index (χ1v) is 12.1. The lowest BCUT2D eigenvalue weighted by Crippen LogP contribution is -2.38. The summed E-state index contributed by atoms with van der Waals surface area (Å²) in [5.41, 5.74) is 1.75. The van der Waals surface area contributed by atoms with E-state index in [-0.39, 0.29) is 17.6 Å². The van der Waals surface area contributed by atoms with Crippen molar-refractivity contribution in [3.8, 4) is 0 Å². The number of carbonyl (C=O) groups excluding carboxylic acids is 2. The van der Waals surface area contributed by atoms with Gasteiger partial charge in [0.2, 0.25) is 11.7 Å². The maximum Gasteiger partial charge on any atom is 0.416 e. The Bertz CT molecular complexity index is 1300. The lowest BCUT2D eigenvalue weighted by Gasteiger charge is -2.32. The van der Waals surface area contributed by atoms with E-state index in [4.69, 9.17) is 16.0 Å². The fourth-order valence-corrected chi connectivity index (χ4v) is 4.37. The van der Waals surface area contributed by atoms with Crippen LogP contribution in [0.25, 0.3) is 6.08 Å². The number of hydrogen-bond acceptors (Lipinski definition) is 7. The Kier molecular flexibility index (Phi) is 7.99. The first-order chi connectivity index (χ1) is 17.3. The molecule has 0 aliphatic carbocycles. The van der Waals surface area contributed by atoms with Crippen LogP contribution in [0.2, 0.25) is 5.02 Å². The number of H-pyrrole nitrogens is 1. The third kappa shape index (κ3) is 6.48. The van der Waals surface area contributed by atoms with Gasteiger partial charge in [-0.3, -0.25) is 14.6 Å². The second-order valence-corrected chi connectivity index (χ2v) is 9.31. The molecule has 1 aliphatic rings. The Morgan fingerprint density at radius 2 is 2.08 bits per heavy atom. The predicted octanol–water partition coefficient (Wildman–Crippen LogP) is 2.38. The van der Waals surface area contributed by atoms with E-state index in [0.717, 1.165) is 30.4 Å². The molecular formula is C24H28ClN7O4. The third-order valence-corrected chi connectivity index (χ3v) is 6.49. The highest BCUT2D eigenvalue weighted by Gasteiger charge is 2.23. The van der Waals surface area contributed by atoms with Gasteiger partial charge in [0.15, 0.2) is 5.82 Å². The number of halogens is 1. The molecule has 1 aromatic carbocycles. The zero-order valence-electron chi connectivity index (χ0n) is 20.2. The van der Waals surface area contributed by atoms with Crippen molar-refractivity contribution < 1.29 is 14.0 Å². The van der Waals surface area contributed by atoms with Crippen LogP contribution in [0.15, 0.2) is 39.7 Å². The lowest BCUT2D eigenvalue weighted by atomic mass is 9.93. The lowest BCUT2D eigenvalue weighted by molar-refractivity contribution is -0.127. The Morgan fingerprint density at radius 1 is 1.31 bits per heavy atom. The van der Waals surface area contributed by atoms with Gasteiger partial charge in [-0.15, -0.1) is 10.2 Å². The number of nitrogens with zero attached hydrogens (tertiary/aromatic N) is 6. The summed E-state index contributed by atoms with van der Waals surface area (Å²) in [4.78, 5) is 43.4. The summed E-state index contributed by atoms with van der Waals surface area (Å²) in [6, 6.07) is 5.49. The van der Waals surface area contributed by atoms with Gasteiger partial charge in [0.25, 0.3) is 5.91 Å². The van der Waals surface area contributed by atoms with Gasteiger partial charge < -0.3 is 14.2 Å². The van der Waals surface area contributed by atoms with Crippen LogP contribution in [0.4, 0.5) is 0 Å². The molecule has 1 aliphatic heterocycles. The number of aromatic nitrogens is 5. The number of amides is 2. The molecule has 3 aromatic rings. The van der Waals surface area contributed by atoms with E-state index >= 15 is 0 Å². The number of carbonyl (C=O) groups is 2. The van der Waals surface area contributed by atoms with Crippen LogP contribution in [0.1, 0.15) is 46.8 Å². The number of oxazole rings is 1. The normalized spacial score (nSPS) is 14.5. The van der Waals surface area contributed by atoms with E-state index in [0.29, 0.717) is 42.9 Å². The Balaban J connectivity index is 1.27. The van der Waals surface area contributed by atoms with E-state index in [1.165, 1.54) is 11.0 Å².